The maximum atomic E-state index is 13.2. The minimum absolute atomic E-state index is 0.0663. The van der Waals surface area contributed by atoms with Gasteiger partial charge in [0.2, 0.25) is 11.9 Å². The monoisotopic (exact) mass is 399 g/mol. The third kappa shape index (κ3) is 5.05. The lowest BCUT2D eigenvalue weighted by Gasteiger charge is -2.35. The Morgan fingerprint density at radius 2 is 1.79 bits per heavy atom. The number of nitrogens with zero attached hydrogens (tertiary/aromatic N) is 5. The minimum Gasteiger partial charge on any atom is -0.363 e. The lowest BCUT2D eigenvalue weighted by molar-refractivity contribution is -0.141. The summed E-state index contributed by atoms with van der Waals surface area (Å²) in [5.41, 5.74) is -0.948. The number of halogens is 3. The van der Waals surface area contributed by atoms with Gasteiger partial charge in [-0.15, -0.1) is 0 Å². The molecule has 1 aliphatic carbocycles. The van der Waals surface area contributed by atoms with Crippen molar-refractivity contribution in [2.24, 2.45) is 5.92 Å². The molecule has 0 spiro atoms. The number of piperazine rings is 1. The summed E-state index contributed by atoms with van der Waals surface area (Å²) in [7, 11) is 3.29. The predicted molar refractivity (Wildman–Crippen MR) is 101 cm³/mol. The van der Waals surface area contributed by atoms with Gasteiger partial charge in [0.25, 0.3) is 0 Å². The quantitative estimate of drug-likeness (QED) is 0.761. The smallest absolute Gasteiger partial charge is 0.363 e. The molecule has 1 aliphatic heterocycles. The van der Waals surface area contributed by atoms with Gasteiger partial charge in [0, 0.05) is 52.8 Å². The zero-order chi connectivity index (χ0) is 20.3. The number of amides is 1. The van der Waals surface area contributed by atoms with Crippen LogP contribution < -0.4 is 9.80 Å². The van der Waals surface area contributed by atoms with E-state index < -0.39 is 11.9 Å². The van der Waals surface area contributed by atoms with Crippen LogP contribution in [0, 0.1) is 5.92 Å². The molecule has 0 atom stereocenters. The normalized spacial score (nSPS) is 18.6. The zero-order valence-electron chi connectivity index (χ0n) is 16.5. The second kappa shape index (κ2) is 8.53. The van der Waals surface area contributed by atoms with Crippen molar-refractivity contribution in [2.75, 3.05) is 50.1 Å². The molecule has 0 aromatic carbocycles. The Kier molecular flexibility index (Phi) is 6.30. The lowest BCUT2D eigenvalue weighted by atomic mass is 10.0. The van der Waals surface area contributed by atoms with E-state index in [4.69, 9.17) is 0 Å². The van der Waals surface area contributed by atoms with Gasteiger partial charge in [0.1, 0.15) is 5.82 Å². The number of hydrogen-bond donors (Lipinski definition) is 0. The van der Waals surface area contributed by atoms with E-state index in [1.807, 2.05) is 4.90 Å². The first-order valence-corrected chi connectivity index (χ1v) is 9.90. The molecule has 28 heavy (non-hydrogen) atoms. The van der Waals surface area contributed by atoms with Crippen molar-refractivity contribution in [2.45, 2.75) is 44.7 Å². The summed E-state index contributed by atoms with van der Waals surface area (Å²) in [5.74, 6) is 1.10. The van der Waals surface area contributed by atoms with Crippen molar-refractivity contribution >= 4 is 17.7 Å². The molecule has 0 N–H and O–H groups in total. The van der Waals surface area contributed by atoms with Crippen LogP contribution in [0.2, 0.25) is 0 Å². The van der Waals surface area contributed by atoms with Crippen molar-refractivity contribution in [3.05, 3.63) is 11.8 Å². The average Bonchev–Trinajstić information content (AvgIpc) is 3.19. The first-order chi connectivity index (χ1) is 13.2. The fourth-order valence-corrected chi connectivity index (χ4v) is 3.88. The summed E-state index contributed by atoms with van der Waals surface area (Å²) in [6, 6.07) is 0.951. The minimum atomic E-state index is -4.53. The number of carbonyl (C=O) groups is 1. The van der Waals surface area contributed by atoms with Gasteiger partial charge < -0.3 is 14.7 Å². The molecule has 0 unspecified atom stereocenters. The Hall–Kier alpha value is -2.06. The lowest BCUT2D eigenvalue weighted by Crippen LogP contribution is -2.49. The number of carbonyl (C=O) groups excluding carboxylic acids is 1. The number of aromatic nitrogens is 2. The largest absolute Gasteiger partial charge is 0.433 e. The van der Waals surface area contributed by atoms with E-state index in [0.717, 1.165) is 12.5 Å². The van der Waals surface area contributed by atoms with Gasteiger partial charge in [-0.25, -0.2) is 4.98 Å². The van der Waals surface area contributed by atoms with Crippen LogP contribution in [0.3, 0.4) is 0 Å². The van der Waals surface area contributed by atoms with Gasteiger partial charge in [0.15, 0.2) is 5.69 Å². The van der Waals surface area contributed by atoms with Gasteiger partial charge in [-0.1, -0.05) is 25.7 Å². The number of anilines is 2. The molecule has 9 heteroatoms. The van der Waals surface area contributed by atoms with E-state index in [0.29, 0.717) is 38.5 Å². The molecular weight excluding hydrogens is 371 g/mol. The Morgan fingerprint density at radius 3 is 2.36 bits per heavy atom. The van der Waals surface area contributed by atoms with Crippen LogP contribution in [0.1, 0.15) is 44.2 Å². The molecule has 156 valence electrons. The summed E-state index contributed by atoms with van der Waals surface area (Å²) < 4.78 is 39.5. The number of rotatable bonds is 5. The van der Waals surface area contributed by atoms with E-state index in [-0.39, 0.29) is 17.7 Å². The van der Waals surface area contributed by atoms with E-state index >= 15 is 0 Å². The third-order valence-electron chi connectivity index (χ3n) is 5.61. The van der Waals surface area contributed by atoms with Crippen LogP contribution >= 0.6 is 0 Å². The van der Waals surface area contributed by atoms with Crippen molar-refractivity contribution < 1.29 is 18.0 Å². The molecule has 3 rings (SSSR count). The van der Waals surface area contributed by atoms with E-state index in [2.05, 4.69) is 9.97 Å². The summed E-state index contributed by atoms with van der Waals surface area (Å²) in [4.78, 5) is 25.5. The highest BCUT2D eigenvalue weighted by atomic mass is 19.4. The molecule has 0 bridgehead atoms. The first kappa shape index (κ1) is 20.7. The topological polar surface area (TPSA) is 52.6 Å². The summed E-state index contributed by atoms with van der Waals surface area (Å²) in [6.07, 6.45) is 1.97. The maximum Gasteiger partial charge on any atom is 0.433 e. The Morgan fingerprint density at radius 1 is 1.14 bits per heavy atom. The Bertz CT molecular complexity index is 681. The highest BCUT2D eigenvalue weighted by molar-refractivity contribution is 5.76. The molecule has 2 fully saturated rings. The standard InChI is InChI=1S/C19H28F3N5O/c1-25(2)16-13-15(19(20,21)22)23-18(24-16)27-11-9-26(10-12-27)17(28)8-7-14-5-3-4-6-14/h13-14H,3-12H2,1-2H3. The zero-order valence-corrected chi connectivity index (χ0v) is 16.5. The molecule has 2 heterocycles. The van der Waals surface area contributed by atoms with E-state index in [1.54, 1.807) is 19.0 Å². The van der Waals surface area contributed by atoms with Gasteiger partial charge in [-0.3, -0.25) is 4.79 Å². The fourth-order valence-electron chi connectivity index (χ4n) is 3.88. The van der Waals surface area contributed by atoms with Gasteiger partial charge in [-0.05, 0) is 12.3 Å². The second-order valence-electron chi connectivity index (χ2n) is 7.86. The SMILES string of the molecule is CN(C)c1cc(C(F)(F)F)nc(N2CCN(C(=O)CCC3CCCC3)CC2)n1. The fraction of sp³-hybridized carbons (Fsp3) is 0.737. The molecule has 6 nitrogen and oxygen atoms in total. The van der Waals surface area contributed by atoms with Gasteiger partial charge in [-0.2, -0.15) is 18.2 Å². The van der Waals surface area contributed by atoms with Crippen molar-refractivity contribution in [3.8, 4) is 0 Å². The Labute approximate surface area is 163 Å². The predicted octanol–water partition coefficient (Wildman–Crippen LogP) is 3.18. The van der Waals surface area contributed by atoms with Crippen LogP contribution in [0.4, 0.5) is 24.9 Å². The van der Waals surface area contributed by atoms with Crippen LogP contribution in [0.25, 0.3) is 0 Å². The van der Waals surface area contributed by atoms with Crippen molar-refractivity contribution in [3.63, 3.8) is 0 Å². The summed E-state index contributed by atoms with van der Waals surface area (Å²) in [6.45, 7) is 1.84. The van der Waals surface area contributed by atoms with E-state index in [1.165, 1.54) is 30.6 Å². The van der Waals surface area contributed by atoms with E-state index in [9.17, 15) is 18.0 Å². The molecule has 1 amide bonds. The molecule has 1 aromatic rings. The van der Waals surface area contributed by atoms with Crippen LogP contribution in [0.5, 0.6) is 0 Å². The van der Waals surface area contributed by atoms with Gasteiger partial charge in [0.05, 0.1) is 0 Å². The Balaban J connectivity index is 1.60. The van der Waals surface area contributed by atoms with Gasteiger partial charge >= 0.3 is 6.18 Å². The van der Waals surface area contributed by atoms with Crippen LogP contribution in [-0.4, -0.2) is 61.0 Å². The van der Waals surface area contributed by atoms with Crippen molar-refractivity contribution in [1.82, 2.24) is 14.9 Å². The second-order valence-corrected chi connectivity index (χ2v) is 7.86. The van der Waals surface area contributed by atoms with Crippen molar-refractivity contribution in [1.29, 1.82) is 0 Å². The molecule has 2 aliphatic rings. The molecule has 1 saturated heterocycles. The van der Waals surface area contributed by atoms with Crippen LogP contribution in [-0.2, 0) is 11.0 Å². The highest BCUT2D eigenvalue weighted by Crippen LogP contribution is 2.31. The number of alkyl halides is 3. The maximum absolute atomic E-state index is 13.2. The highest BCUT2D eigenvalue weighted by Gasteiger charge is 2.35. The molecular formula is C19H28F3N5O. The first-order valence-electron chi connectivity index (χ1n) is 9.90. The average molecular weight is 399 g/mol. The number of hydrogen-bond acceptors (Lipinski definition) is 5. The summed E-state index contributed by atoms with van der Waals surface area (Å²) >= 11 is 0. The summed E-state index contributed by atoms with van der Waals surface area (Å²) in [5, 5.41) is 0. The third-order valence-corrected chi connectivity index (χ3v) is 5.61. The molecule has 0 radical (unpaired) electrons. The molecule has 1 saturated carbocycles. The van der Waals surface area contributed by atoms with Crippen LogP contribution in [0.15, 0.2) is 6.07 Å². The molecule has 1 aromatic heterocycles.